The first-order valence-corrected chi connectivity index (χ1v) is 5.63. The summed E-state index contributed by atoms with van der Waals surface area (Å²) in [7, 11) is 0. The molecule has 1 N–H and O–H groups in total. The quantitative estimate of drug-likeness (QED) is 0.767. The molecule has 0 spiro atoms. The number of benzene rings is 2. The molecule has 0 fully saturated rings. The predicted octanol–water partition coefficient (Wildman–Crippen LogP) is 2.86. The Labute approximate surface area is 107 Å². The Morgan fingerprint density at radius 3 is 2.74 bits per heavy atom. The van der Waals surface area contributed by atoms with Crippen molar-refractivity contribution < 1.29 is 14.3 Å². The van der Waals surface area contributed by atoms with E-state index in [9.17, 15) is 9.18 Å². The zero-order valence-corrected chi connectivity index (χ0v) is 9.75. The highest BCUT2D eigenvalue weighted by Gasteiger charge is 2.18. The summed E-state index contributed by atoms with van der Waals surface area (Å²) in [6.07, 6.45) is 1.62. The van der Waals surface area contributed by atoms with Crippen molar-refractivity contribution in [1.29, 1.82) is 0 Å². The molecule has 0 radical (unpaired) electrons. The van der Waals surface area contributed by atoms with E-state index in [2.05, 4.69) is 5.10 Å². The van der Waals surface area contributed by atoms with Crippen LogP contribution in [-0.4, -0.2) is 20.9 Å². The summed E-state index contributed by atoms with van der Waals surface area (Å²) in [4.78, 5) is 11.2. The van der Waals surface area contributed by atoms with E-state index in [0.29, 0.717) is 0 Å². The number of nitrogens with zero attached hydrogens (tertiary/aromatic N) is 2. The van der Waals surface area contributed by atoms with Gasteiger partial charge in [0.05, 0.1) is 17.4 Å². The van der Waals surface area contributed by atoms with Crippen molar-refractivity contribution >= 4 is 16.9 Å². The lowest BCUT2D eigenvalue weighted by Gasteiger charge is -2.08. The van der Waals surface area contributed by atoms with Gasteiger partial charge in [-0.25, -0.2) is 13.9 Å². The highest BCUT2D eigenvalue weighted by molar-refractivity contribution is 5.93. The Balaban J connectivity index is 2.33. The molecule has 5 heteroatoms. The summed E-state index contributed by atoms with van der Waals surface area (Å²) in [6, 6.07) is 11.5. The maximum absolute atomic E-state index is 13.7. The molecule has 94 valence electrons. The lowest BCUT2D eigenvalue weighted by atomic mass is 10.1. The van der Waals surface area contributed by atoms with Crippen molar-refractivity contribution in [2.75, 3.05) is 0 Å². The van der Waals surface area contributed by atoms with Crippen LogP contribution in [0.15, 0.2) is 48.7 Å². The molecular formula is C14H9FN2O2. The standard InChI is InChI=1S/C14H9FN2O2/c15-10-5-3-7-12(13(10)14(18)19)17-11-6-2-1-4-9(11)8-16-17/h1-8H,(H,18,19). The Morgan fingerprint density at radius 2 is 1.95 bits per heavy atom. The van der Waals surface area contributed by atoms with Crippen molar-refractivity contribution in [3.63, 3.8) is 0 Å². The number of fused-ring (bicyclic) bond motifs is 1. The van der Waals surface area contributed by atoms with Crippen LogP contribution in [0.3, 0.4) is 0 Å². The molecule has 0 aliphatic rings. The van der Waals surface area contributed by atoms with Crippen molar-refractivity contribution in [3.8, 4) is 5.69 Å². The number of rotatable bonds is 2. The van der Waals surface area contributed by atoms with E-state index < -0.39 is 11.8 Å². The molecule has 1 aromatic heterocycles. The fourth-order valence-corrected chi connectivity index (χ4v) is 2.06. The van der Waals surface area contributed by atoms with Gasteiger partial charge >= 0.3 is 5.97 Å². The second kappa shape index (κ2) is 4.20. The summed E-state index contributed by atoms with van der Waals surface area (Å²) in [5.74, 6) is -2.09. The second-order valence-electron chi connectivity index (χ2n) is 4.05. The molecule has 0 aliphatic carbocycles. The number of aromatic carboxylic acids is 1. The molecule has 0 bridgehead atoms. The minimum atomic E-state index is -1.31. The molecule has 3 aromatic rings. The highest BCUT2D eigenvalue weighted by atomic mass is 19.1. The van der Waals surface area contributed by atoms with Gasteiger partial charge in [-0.2, -0.15) is 5.10 Å². The van der Waals surface area contributed by atoms with Crippen LogP contribution in [0.1, 0.15) is 10.4 Å². The van der Waals surface area contributed by atoms with Gasteiger partial charge in [-0.3, -0.25) is 0 Å². The Bertz CT molecular complexity index is 780. The fraction of sp³-hybridized carbons (Fsp3) is 0. The van der Waals surface area contributed by atoms with E-state index in [1.54, 1.807) is 12.3 Å². The van der Waals surface area contributed by atoms with E-state index in [4.69, 9.17) is 5.11 Å². The van der Waals surface area contributed by atoms with Crippen LogP contribution in [0.25, 0.3) is 16.6 Å². The van der Waals surface area contributed by atoms with E-state index >= 15 is 0 Å². The second-order valence-corrected chi connectivity index (χ2v) is 4.05. The van der Waals surface area contributed by atoms with Crippen LogP contribution in [0.2, 0.25) is 0 Å². The van der Waals surface area contributed by atoms with Crippen LogP contribution in [0.4, 0.5) is 4.39 Å². The minimum absolute atomic E-state index is 0.216. The molecule has 0 saturated carbocycles. The summed E-state index contributed by atoms with van der Waals surface area (Å²) in [5, 5.41) is 14.1. The zero-order valence-electron chi connectivity index (χ0n) is 9.75. The number of carboxylic acid groups (broad SMARTS) is 1. The summed E-state index contributed by atoms with van der Waals surface area (Å²) < 4.78 is 15.1. The molecule has 0 atom stereocenters. The number of para-hydroxylation sites is 1. The largest absolute Gasteiger partial charge is 0.478 e. The lowest BCUT2D eigenvalue weighted by molar-refractivity contribution is 0.0692. The van der Waals surface area contributed by atoms with E-state index in [1.807, 2.05) is 18.2 Å². The van der Waals surface area contributed by atoms with E-state index in [0.717, 1.165) is 17.0 Å². The van der Waals surface area contributed by atoms with Crippen LogP contribution >= 0.6 is 0 Å². The van der Waals surface area contributed by atoms with Gasteiger partial charge in [-0.15, -0.1) is 0 Å². The number of carboxylic acids is 1. The summed E-state index contributed by atoms with van der Waals surface area (Å²) >= 11 is 0. The first-order chi connectivity index (χ1) is 9.18. The van der Waals surface area contributed by atoms with Gasteiger partial charge in [-0.05, 0) is 18.2 Å². The fourth-order valence-electron chi connectivity index (χ4n) is 2.06. The minimum Gasteiger partial charge on any atom is -0.478 e. The first-order valence-electron chi connectivity index (χ1n) is 5.63. The molecule has 0 saturated heterocycles. The monoisotopic (exact) mass is 256 g/mol. The van der Waals surface area contributed by atoms with Crippen LogP contribution < -0.4 is 0 Å². The van der Waals surface area contributed by atoms with Crippen LogP contribution in [-0.2, 0) is 0 Å². The normalized spacial score (nSPS) is 10.8. The molecular weight excluding hydrogens is 247 g/mol. The van der Waals surface area contributed by atoms with E-state index in [-0.39, 0.29) is 11.3 Å². The van der Waals surface area contributed by atoms with Crippen molar-refractivity contribution in [2.45, 2.75) is 0 Å². The molecule has 0 aliphatic heterocycles. The molecule has 0 amide bonds. The van der Waals surface area contributed by atoms with Crippen molar-refractivity contribution in [3.05, 3.63) is 60.0 Å². The maximum atomic E-state index is 13.7. The van der Waals surface area contributed by atoms with Gasteiger partial charge in [-0.1, -0.05) is 24.3 Å². The van der Waals surface area contributed by atoms with Gasteiger partial charge in [0.15, 0.2) is 0 Å². The molecule has 0 unspecified atom stereocenters. The number of halogens is 1. The predicted molar refractivity (Wildman–Crippen MR) is 68.0 cm³/mol. The lowest BCUT2D eigenvalue weighted by Crippen LogP contribution is -2.09. The molecule has 1 heterocycles. The molecule has 19 heavy (non-hydrogen) atoms. The first kappa shape index (κ1) is 11.4. The Kier molecular flexibility index (Phi) is 2.52. The maximum Gasteiger partial charge on any atom is 0.340 e. The van der Waals surface area contributed by atoms with Gasteiger partial charge in [0, 0.05) is 5.39 Å². The average molecular weight is 256 g/mol. The number of aromatic nitrogens is 2. The summed E-state index contributed by atoms with van der Waals surface area (Å²) in [6.45, 7) is 0. The third kappa shape index (κ3) is 1.76. The smallest absolute Gasteiger partial charge is 0.340 e. The average Bonchev–Trinajstić information content (AvgIpc) is 2.81. The van der Waals surface area contributed by atoms with Gasteiger partial charge in [0.1, 0.15) is 11.4 Å². The van der Waals surface area contributed by atoms with Crippen LogP contribution in [0, 0.1) is 5.82 Å². The molecule has 2 aromatic carbocycles. The number of hydrogen-bond donors (Lipinski definition) is 1. The zero-order chi connectivity index (χ0) is 13.4. The van der Waals surface area contributed by atoms with Crippen LogP contribution in [0.5, 0.6) is 0 Å². The van der Waals surface area contributed by atoms with Crippen molar-refractivity contribution in [2.24, 2.45) is 0 Å². The van der Waals surface area contributed by atoms with Gasteiger partial charge in [0.2, 0.25) is 0 Å². The third-order valence-corrected chi connectivity index (χ3v) is 2.91. The van der Waals surface area contributed by atoms with Crippen molar-refractivity contribution in [1.82, 2.24) is 9.78 Å². The number of hydrogen-bond acceptors (Lipinski definition) is 2. The molecule has 3 rings (SSSR count). The van der Waals surface area contributed by atoms with E-state index in [1.165, 1.54) is 16.8 Å². The Hall–Kier alpha value is -2.69. The van der Waals surface area contributed by atoms with Gasteiger partial charge in [0.25, 0.3) is 0 Å². The summed E-state index contributed by atoms with van der Waals surface area (Å²) in [5.41, 5.74) is 0.570. The van der Waals surface area contributed by atoms with Gasteiger partial charge < -0.3 is 5.11 Å². The molecule has 4 nitrogen and oxygen atoms in total. The Morgan fingerprint density at radius 1 is 1.16 bits per heavy atom. The number of carbonyl (C=O) groups is 1. The topological polar surface area (TPSA) is 55.1 Å². The highest BCUT2D eigenvalue weighted by Crippen LogP contribution is 2.22. The SMILES string of the molecule is O=C(O)c1c(F)cccc1-n1ncc2ccccc21. The third-order valence-electron chi connectivity index (χ3n) is 2.91.